The zero-order valence-electron chi connectivity index (χ0n) is 23.9. The van der Waals surface area contributed by atoms with Gasteiger partial charge in [-0.15, -0.1) is 0 Å². The Morgan fingerprint density at radius 1 is 1.15 bits per heavy atom. The largest absolute Gasteiger partial charge is 0.490 e. The fourth-order valence-electron chi connectivity index (χ4n) is 9.41. The maximum absolute atomic E-state index is 12.3. The van der Waals surface area contributed by atoms with Crippen LogP contribution in [-0.2, 0) is 23.0 Å². The fraction of sp³-hybridized carbons (Fsp3) is 0.588. The van der Waals surface area contributed by atoms with Crippen LogP contribution in [-0.4, -0.2) is 60.7 Å². The highest BCUT2D eigenvalue weighted by atomic mass is 16.6. The Morgan fingerprint density at radius 3 is 2.74 bits per heavy atom. The van der Waals surface area contributed by atoms with E-state index in [4.69, 9.17) is 14.2 Å². The second-order valence-corrected chi connectivity index (χ2v) is 13.1. The highest BCUT2D eigenvalue weighted by molar-refractivity contribution is 5.65. The number of benzene rings is 2. The van der Waals surface area contributed by atoms with Crippen molar-refractivity contribution in [1.82, 2.24) is 4.90 Å². The summed E-state index contributed by atoms with van der Waals surface area (Å²) in [5.41, 5.74) is 2.11. The number of piperidine rings is 1. The van der Waals surface area contributed by atoms with E-state index in [1.807, 2.05) is 20.1 Å². The molecule has 5 heteroatoms. The number of nitrogens with zero attached hydrogens (tertiary/aromatic N) is 1. The molecule has 2 heterocycles. The Balaban J connectivity index is 1.35. The van der Waals surface area contributed by atoms with Gasteiger partial charge in [-0.3, -0.25) is 0 Å². The van der Waals surface area contributed by atoms with E-state index in [2.05, 4.69) is 67.4 Å². The summed E-state index contributed by atoms with van der Waals surface area (Å²) in [7, 11) is 4.11. The summed E-state index contributed by atoms with van der Waals surface area (Å²) in [5, 5.41) is 12.3. The van der Waals surface area contributed by atoms with Crippen LogP contribution in [0.1, 0.15) is 62.6 Å². The lowest BCUT2D eigenvalue weighted by Crippen LogP contribution is -2.80. The number of methoxy groups -OCH3 is 1. The summed E-state index contributed by atoms with van der Waals surface area (Å²) in [5.74, 6) is 1.73. The molecule has 4 bridgehead atoms. The average Bonchev–Trinajstić information content (AvgIpc) is 3.33. The Labute approximate surface area is 233 Å². The SMILES string of the molecule is CCCCOc1ccc2c3c1O[C@H]1[C@]4(OC)C=CC5(C[C@@H]4[C@](C)(O)CCc4ccccc4)[C@@H](C2)N(C)CC[C@]315. The quantitative estimate of drug-likeness (QED) is 0.345. The van der Waals surface area contributed by atoms with Crippen LogP contribution in [0.3, 0.4) is 0 Å². The van der Waals surface area contributed by atoms with Gasteiger partial charge in [-0.05, 0) is 76.2 Å². The zero-order valence-corrected chi connectivity index (χ0v) is 23.9. The third-order valence-electron chi connectivity index (χ3n) is 11.3. The maximum atomic E-state index is 12.3. The monoisotopic (exact) mass is 529 g/mol. The summed E-state index contributed by atoms with van der Waals surface area (Å²) < 4.78 is 20.1. The Bertz CT molecular complexity index is 1290. The highest BCUT2D eigenvalue weighted by Gasteiger charge is 2.80. The van der Waals surface area contributed by atoms with Crippen molar-refractivity contribution in [3.8, 4) is 11.5 Å². The molecule has 7 atom stereocenters. The molecule has 5 nitrogen and oxygen atoms in total. The van der Waals surface area contributed by atoms with Gasteiger partial charge in [0, 0.05) is 30.0 Å². The molecule has 1 saturated carbocycles. The standard InChI is InChI=1S/C34H43NO4/c1-5-6-20-38-25-13-12-24-21-27-32-16-17-34(37-4,30-33(32,18-19-35(27)3)28(24)29(25)39-30)26(22-32)31(2,36)15-14-23-10-8-7-9-11-23/h7-13,16-17,26-27,30,36H,5-6,14-15,18-22H2,1-4H3/t26-,27-,30-,31-,32?,33+,34+/m1/s1. The molecular formula is C34H43NO4. The van der Waals surface area contributed by atoms with Gasteiger partial charge in [0.05, 0.1) is 17.6 Å². The molecule has 0 aromatic heterocycles. The Kier molecular flexibility index (Phi) is 5.80. The van der Waals surface area contributed by atoms with Gasteiger partial charge in [-0.1, -0.05) is 61.9 Å². The summed E-state index contributed by atoms with van der Waals surface area (Å²) in [6.07, 6.45) is 11.1. The van der Waals surface area contributed by atoms with Gasteiger partial charge in [0.25, 0.3) is 0 Å². The lowest BCUT2D eigenvalue weighted by Gasteiger charge is -2.72. The number of likely N-dealkylation sites (N-methyl/N-ethyl adjacent to an activating group) is 1. The summed E-state index contributed by atoms with van der Waals surface area (Å²) >= 11 is 0. The number of hydrogen-bond acceptors (Lipinski definition) is 5. The molecule has 39 heavy (non-hydrogen) atoms. The van der Waals surface area contributed by atoms with Crippen molar-refractivity contribution in [2.24, 2.45) is 11.3 Å². The third kappa shape index (κ3) is 3.24. The molecule has 8 rings (SSSR count). The first-order chi connectivity index (χ1) is 18.8. The maximum Gasteiger partial charge on any atom is 0.166 e. The number of unbranched alkanes of at least 4 members (excludes halogenated alkanes) is 1. The number of ether oxygens (including phenoxy) is 3. The van der Waals surface area contributed by atoms with E-state index in [0.717, 1.165) is 56.6 Å². The van der Waals surface area contributed by atoms with Crippen molar-refractivity contribution in [2.75, 3.05) is 27.3 Å². The highest BCUT2D eigenvalue weighted by Crippen LogP contribution is 2.75. The number of aryl methyl sites for hydroxylation is 1. The van der Waals surface area contributed by atoms with Crippen LogP contribution in [0.25, 0.3) is 0 Å². The van der Waals surface area contributed by atoms with Gasteiger partial charge >= 0.3 is 0 Å². The summed E-state index contributed by atoms with van der Waals surface area (Å²) in [6, 6.07) is 15.3. The van der Waals surface area contributed by atoms with Gasteiger partial charge in [0.2, 0.25) is 0 Å². The first kappa shape index (κ1) is 25.6. The van der Waals surface area contributed by atoms with E-state index in [1.165, 1.54) is 16.7 Å². The molecule has 2 spiro atoms. The van der Waals surface area contributed by atoms with E-state index in [-0.39, 0.29) is 22.9 Å². The molecule has 0 amide bonds. The minimum absolute atomic E-state index is 0.0869. The third-order valence-corrected chi connectivity index (χ3v) is 11.3. The first-order valence-corrected chi connectivity index (χ1v) is 15.0. The second kappa shape index (κ2) is 8.83. The molecule has 1 saturated heterocycles. The molecule has 6 aliphatic rings. The van der Waals surface area contributed by atoms with Gasteiger partial charge in [0.15, 0.2) is 11.5 Å². The number of likely N-dealkylation sites (tertiary alicyclic amines) is 1. The predicted molar refractivity (Wildman–Crippen MR) is 152 cm³/mol. The van der Waals surface area contributed by atoms with Crippen molar-refractivity contribution in [1.29, 1.82) is 0 Å². The molecule has 0 radical (unpaired) electrons. The molecule has 2 aromatic carbocycles. The van der Waals surface area contributed by atoms with Crippen LogP contribution in [0.2, 0.25) is 0 Å². The molecular weight excluding hydrogens is 486 g/mol. The molecule has 2 aliphatic heterocycles. The fourth-order valence-corrected chi connectivity index (χ4v) is 9.41. The number of hydrogen-bond donors (Lipinski definition) is 1. The van der Waals surface area contributed by atoms with Gasteiger partial charge in [0.1, 0.15) is 11.7 Å². The van der Waals surface area contributed by atoms with Crippen LogP contribution in [0.5, 0.6) is 11.5 Å². The number of fused-ring (bicyclic) bond motifs is 1. The average molecular weight is 530 g/mol. The Morgan fingerprint density at radius 2 is 1.97 bits per heavy atom. The molecule has 1 unspecified atom stereocenters. The normalized spacial score (nSPS) is 36.8. The van der Waals surface area contributed by atoms with Gasteiger partial charge in [-0.2, -0.15) is 0 Å². The second-order valence-electron chi connectivity index (χ2n) is 13.1. The minimum Gasteiger partial charge on any atom is -0.490 e. The number of aliphatic hydroxyl groups is 1. The molecule has 2 fully saturated rings. The van der Waals surface area contributed by atoms with Crippen molar-refractivity contribution in [3.63, 3.8) is 0 Å². The van der Waals surface area contributed by atoms with E-state index in [1.54, 1.807) is 0 Å². The van der Waals surface area contributed by atoms with Crippen LogP contribution in [0, 0.1) is 11.3 Å². The Hall–Kier alpha value is -2.34. The zero-order chi connectivity index (χ0) is 27.0. The van der Waals surface area contributed by atoms with Crippen molar-refractivity contribution in [3.05, 3.63) is 71.3 Å². The molecule has 4 aliphatic carbocycles. The van der Waals surface area contributed by atoms with E-state index in [9.17, 15) is 5.11 Å². The van der Waals surface area contributed by atoms with Crippen LogP contribution in [0.4, 0.5) is 0 Å². The van der Waals surface area contributed by atoms with Crippen molar-refractivity contribution >= 4 is 0 Å². The summed E-state index contributed by atoms with van der Waals surface area (Å²) in [4.78, 5) is 2.57. The van der Waals surface area contributed by atoms with Crippen LogP contribution >= 0.6 is 0 Å². The topological polar surface area (TPSA) is 51.2 Å². The van der Waals surface area contributed by atoms with Crippen molar-refractivity contribution < 1.29 is 19.3 Å². The molecule has 1 N–H and O–H groups in total. The minimum atomic E-state index is -0.920. The van der Waals surface area contributed by atoms with E-state index >= 15 is 0 Å². The molecule has 208 valence electrons. The van der Waals surface area contributed by atoms with E-state index in [0.29, 0.717) is 19.1 Å². The van der Waals surface area contributed by atoms with Crippen LogP contribution < -0.4 is 9.47 Å². The first-order valence-electron chi connectivity index (χ1n) is 15.0. The number of rotatable bonds is 9. The van der Waals surface area contributed by atoms with Crippen molar-refractivity contribution in [2.45, 2.75) is 87.6 Å². The van der Waals surface area contributed by atoms with Crippen LogP contribution in [0.15, 0.2) is 54.6 Å². The predicted octanol–water partition coefficient (Wildman–Crippen LogP) is 5.47. The lowest BCUT2D eigenvalue weighted by atomic mass is 9.36. The van der Waals surface area contributed by atoms with Gasteiger partial charge in [-0.25, -0.2) is 0 Å². The van der Waals surface area contributed by atoms with Gasteiger partial charge < -0.3 is 24.2 Å². The lowest BCUT2D eigenvalue weighted by molar-refractivity contribution is -0.247. The molecule has 2 aromatic rings. The summed E-state index contributed by atoms with van der Waals surface area (Å²) in [6.45, 7) is 5.96. The smallest absolute Gasteiger partial charge is 0.166 e. The van der Waals surface area contributed by atoms with E-state index < -0.39 is 11.2 Å².